The Morgan fingerprint density at radius 2 is 1.94 bits per heavy atom. The molecule has 7 nitrogen and oxygen atoms in total. The number of aliphatic hydroxyl groups is 1. The minimum Gasteiger partial charge on any atom is -0.395 e. The lowest BCUT2D eigenvalue weighted by atomic mass is 10.1. The quantitative estimate of drug-likeness (QED) is 0.526. The molecule has 8 heteroatoms. The van der Waals surface area contributed by atoms with Crippen LogP contribution in [-0.4, -0.2) is 76.7 Å². The summed E-state index contributed by atoms with van der Waals surface area (Å²) in [4.78, 5) is 27.8. The van der Waals surface area contributed by atoms with Crippen LogP contribution < -0.4 is 5.32 Å². The van der Waals surface area contributed by atoms with Crippen molar-refractivity contribution < 1.29 is 9.90 Å². The number of aliphatic hydroxyl groups excluding tert-OH is 1. The summed E-state index contributed by atoms with van der Waals surface area (Å²) in [5.41, 5.74) is 2.28. The van der Waals surface area contributed by atoms with E-state index in [2.05, 4.69) is 44.5 Å². The third kappa shape index (κ3) is 5.03. The number of fused-ring (bicyclic) bond motifs is 1. The number of carbonyl (C=O) groups excluding carboxylic acids is 1. The van der Waals surface area contributed by atoms with Crippen molar-refractivity contribution in [3.63, 3.8) is 0 Å². The van der Waals surface area contributed by atoms with Gasteiger partial charge in [-0.15, -0.1) is 11.3 Å². The molecule has 31 heavy (non-hydrogen) atoms. The number of benzene rings is 1. The third-order valence-corrected chi connectivity index (χ3v) is 6.96. The fourth-order valence-corrected chi connectivity index (χ4v) is 5.13. The number of β-amino-alcohol motifs (C(OH)–C–C–N with tert-alkyl or cyclic N) is 1. The number of hydrogen-bond donors (Lipinski definition) is 2. The van der Waals surface area contributed by atoms with Crippen LogP contribution >= 0.6 is 11.3 Å². The summed E-state index contributed by atoms with van der Waals surface area (Å²) in [7, 11) is 0. The second-order valence-corrected chi connectivity index (χ2v) is 8.83. The number of aromatic nitrogens is 2. The Kier molecular flexibility index (Phi) is 7.11. The second kappa shape index (κ2) is 10.2. The standard InChI is InChI=1S/C23H29N5O2S/c1-17-19-21(24-9-5-8-18-6-3-2-4-7-18)25-16-26-22(19)31-20(17)23(30)28-12-10-27(11-13-28)14-15-29/h2-4,6-7,16,29H,5,8-15H2,1H3,(H,24,25,26). The van der Waals surface area contributed by atoms with Gasteiger partial charge in [-0.25, -0.2) is 9.97 Å². The highest BCUT2D eigenvalue weighted by Gasteiger charge is 2.26. The molecule has 0 aliphatic carbocycles. The first-order valence-electron chi connectivity index (χ1n) is 10.8. The van der Waals surface area contributed by atoms with Crippen molar-refractivity contribution in [3.05, 3.63) is 52.7 Å². The maximum Gasteiger partial charge on any atom is 0.264 e. The largest absolute Gasteiger partial charge is 0.395 e. The summed E-state index contributed by atoms with van der Waals surface area (Å²) in [5, 5.41) is 13.5. The molecular weight excluding hydrogens is 410 g/mol. The summed E-state index contributed by atoms with van der Waals surface area (Å²) in [5.74, 6) is 0.873. The molecule has 1 saturated heterocycles. The van der Waals surface area contributed by atoms with Crippen LogP contribution in [0.3, 0.4) is 0 Å². The van der Waals surface area contributed by atoms with Crippen molar-refractivity contribution in [1.29, 1.82) is 0 Å². The zero-order valence-corrected chi connectivity index (χ0v) is 18.7. The number of rotatable bonds is 8. The molecule has 3 heterocycles. The van der Waals surface area contributed by atoms with Crippen LogP contribution in [0.1, 0.15) is 27.2 Å². The first-order chi connectivity index (χ1) is 15.2. The topological polar surface area (TPSA) is 81.6 Å². The van der Waals surface area contributed by atoms with Crippen LogP contribution in [0.4, 0.5) is 5.82 Å². The highest BCUT2D eigenvalue weighted by Crippen LogP contribution is 2.34. The van der Waals surface area contributed by atoms with Crippen LogP contribution in [0.15, 0.2) is 36.7 Å². The van der Waals surface area contributed by atoms with Gasteiger partial charge in [-0.05, 0) is 30.9 Å². The zero-order chi connectivity index (χ0) is 21.6. The van der Waals surface area contributed by atoms with Gasteiger partial charge in [-0.2, -0.15) is 0 Å². The molecule has 1 fully saturated rings. The summed E-state index contributed by atoms with van der Waals surface area (Å²) in [6, 6.07) is 10.5. The highest BCUT2D eigenvalue weighted by atomic mass is 32.1. The first-order valence-corrected chi connectivity index (χ1v) is 11.6. The van der Waals surface area contributed by atoms with E-state index >= 15 is 0 Å². The molecule has 1 amide bonds. The van der Waals surface area contributed by atoms with Crippen LogP contribution in [0.5, 0.6) is 0 Å². The molecule has 3 aromatic rings. The van der Waals surface area contributed by atoms with Crippen molar-refractivity contribution in [2.24, 2.45) is 0 Å². The first kappa shape index (κ1) is 21.7. The number of hydrogen-bond acceptors (Lipinski definition) is 7. The van der Waals surface area contributed by atoms with E-state index in [0.717, 1.165) is 59.0 Å². The van der Waals surface area contributed by atoms with Crippen molar-refractivity contribution in [2.75, 3.05) is 51.2 Å². The lowest BCUT2D eigenvalue weighted by molar-refractivity contribution is 0.0619. The molecule has 0 spiro atoms. The smallest absolute Gasteiger partial charge is 0.264 e. The maximum absolute atomic E-state index is 13.2. The van der Waals surface area contributed by atoms with Crippen LogP contribution in [0, 0.1) is 6.92 Å². The highest BCUT2D eigenvalue weighted by molar-refractivity contribution is 7.20. The van der Waals surface area contributed by atoms with Gasteiger partial charge < -0.3 is 15.3 Å². The van der Waals surface area contributed by atoms with Gasteiger partial charge in [0, 0.05) is 39.3 Å². The van der Waals surface area contributed by atoms with E-state index in [9.17, 15) is 4.79 Å². The van der Waals surface area contributed by atoms with Gasteiger partial charge in [-0.3, -0.25) is 9.69 Å². The van der Waals surface area contributed by atoms with Crippen molar-refractivity contribution in [1.82, 2.24) is 19.8 Å². The normalized spacial score (nSPS) is 14.8. The number of amides is 1. The fourth-order valence-electron chi connectivity index (χ4n) is 4.01. The van der Waals surface area contributed by atoms with Crippen LogP contribution in [0.2, 0.25) is 0 Å². The van der Waals surface area contributed by atoms with Crippen molar-refractivity contribution in [2.45, 2.75) is 19.8 Å². The molecule has 2 aromatic heterocycles. The molecule has 0 radical (unpaired) electrons. The van der Waals surface area contributed by atoms with Crippen LogP contribution in [0.25, 0.3) is 10.2 Å². The molecule has 1 aliphatic rings. The van der Waals surface area contributed by atoms with Gasteiger partial charge in [-0.1, -0.05) is 30.3 Å². The number of carbonyl (C=O) groups is 1. The Balaban J connectivity index is 1.43. The summed E-state index contributed by atoms with van der Waals surface area (Å²) in [6.45, 7) is 6.58. The fraction of sp³-hybridized carbons (Fsp3) is 0.435. The van der Waals surface area contributed by atoms with Crippen LogP contribution in [-0.2, 0) is 6.42 Å². The zero-order valence-electron chi connectivity index (χ0n) is 17.9. The maximum atomic E-state index is 13.2. The Morgan fingerprint density at radius 3 is 2.68 bits per heavy atom. The van der Waals surface area contributed by atoms with Gasteiger partial charge in [0.1, 0.15) is 17.0 Å². The van der Waals surface area contributed by atoms with Gasteiger partial charge >= 0.3 is 0 Å². The van der Waals surface area contributed by atoms with Gasteiger partial charge in [0.2, 0.25) is 0 Å². The summed E-state index contributed by atoms with van der Waals surface area (Å²) < 4.78 is 0. The molecule has 4 rings (SSSR count). The average molecular weight is 440 g/mol. The molecule has 164 valence electrons. The Hall–Kier alpha value is -2.55. The predicted octanol–water partition coefficient (Wildman–Crippen LogP) is 2.79. The van der Waals surface area contributed by atoms with E-state index in [0.29, 0.717) is 19.6 Å². The van der Waals surface area contributed by atoms with E-state index in [1.165, 1.54) is 16.9 Å². The predicted molar refractivity (Wildman–Crippen MR) is 125 cm³/mol. The van der Waals surface area contributed by atoms with E-state index in [4.69, 9.17) is 5.11 Å². The number of nitrogens with one attached hydrogen (secondary N) is 1. The van der Waals surface area contributed by atoms with E-state index in [-0.39, 0.29) is 12.5 Å². The molecule has 2 N–H and O–H groups in total. The van der Waals surface area contributed by atoms with Gasteiger partial charge in [0.05, 0.1) is 16.9 Å². The number of anilines is 1. The number of thiophene rings is 1. The van der Waals surface area contributed by atoms with Crippen molar-refractivity contribution in [3.8, 4) is 0 Å². The average Bonchev–Trinajstić information content (AvgIpc) is 3.15. The SMILES string of the molecule is Cc1c(C(=O)N2CCN(CCO)CC2)sc2ncnc(NCCCc3ccccc3)c12. The molecule has 0 bridgehead atoms. The van der Waals surface area contributed by atoms with E-state index in [1.807, 2.05) is 17.9 Å². The third-order valence-electron chi connectivity index (χ3n) is 5.77. The molecular formula is C23H29N5O2S. The molecule has 0 saturated carbocycles. The summed E-state index contributed by atoms with van der Waals surface area (Å²) >= 11 is 1.45. The Bertz CT molecular complexity index is 1020. The lowest BCUT2D eigenvalue weighted by Crippen LogP contribution is -2.49. The lowest BCUT2D eigenvalue weighted by Gasteiger charge is -2.34. The molecule has 1 aromatic carbocycles. The Morgan fingerprint density at radius 1 is 1.16 bits per heavy atom. The van der Waals surface area contributed by atoms with Gasteiger partial charge in [0.25, 0.3) is 5.91 Å². The number of piperazine rings is 1. The summed E-state index contributed by atoms with van der Waals surface area (Å²) in [6.07, 6.45) is 3.58. The van der Waals surface area contributed by atoms with E-state index in [1.54, 1.807) is 6.33 Å². The van der Waals surface area contributed by atoms with Crippen molar-refractivity contribution >= 4 is 33.3 Å². The van der Waals surface area contributed by atoms with E-state index < -0.39 is 0 Å². The number of nitrogens with zero attached hydrogens (tertiary/aromatic N) is 4. The molecule has 0 unspecified atom stereocenters. The minimum atomic E-state index is 0.0687. The Labute approximate surface area is 186 Å². The monoisotopic (exact) mass is 439 g/mol. The number of aryl methyl sites for hydroxylation is 2. The molecule has 0 atom stereocenters. The van der Waals surface area contributed by atoms with Gasteiger partial charge in [0.15, 0.2) is 0 Å². The second-order valence-electron chi connectivity index (χ2n) is 7.83. The molecule has 1 aliphatic heterocycles. The minimum absolute atomic E-state index is 0.0687.